The number of amides is 1. The molecule has 0 spiro atoms. The van der Waals surface area contributed by atoms with Gasteiger partial charge in [0.1, 0.15) is 12.4 Å². The van der Waals surface area contributed by atoms with Gasteiger partial charge in [-0.05, 0) is 42.0 Å². The summed E-state index contributed by atoms with van der Waals surface area (Å²) in [4.78, 5) is 27.7. The van der Waals surface area contributed by atoms with Crippen molar-refractivity contribution in [2.75, 3.05) is 19.4 Å². The lowest BCUT2D eigenvalue weighted by molar-refractivity contribution is -0.384. The monoisotopic (exact) mass is 538 g/mol. The summed E-state index contributed by atoms with van der Waals surface area (Å²) in [5.74, 6) is 0.188. The molecular weight excluding hydrogens is 516 g/mol. The van der Waals surface area contributed by atoms with Gasteiger partial charge in [-0.25, -0.2) is 17.7 Å². The van der Waals surface area contributed by atoms with E-state index in [-0.39, 0.29) is 23.1 Å². The molecule has 1 heterocycles. The molecule has 0 fully saturated rings. The van der Waals surface area contributed by atoms with E-state index in [4.69, 9.17) is 4.74 Å². The fraction of sp³-hybridized carbons (Fsp3) is 0.120. The Morgan fingerprint density at radius 1 is 1.08 bits per heavy atom. The first-order chi connectivity index (χ1) is 17.6. The Labute approximate surface area is 217 Å². The van der Waals surface area contributed by atoms with Crippen LogP contribution in [0.5, 0.6) is 5.75 Å². The predicted molar refractivity (Wildman–Crippen MR) is 140 cm³/mol. The van der Waals surface area contributed by atoms with Crippen molar-refractivity contribution in [1.82, 2.24) is 9.29 Å². The summed E-state index contributed by atoms with van der Waals surface area (Å²) in [6.07, 6.45) is 0. The summed E-state index contributed by atoms with van der Waals surface area (Å²) in [6, 6.07) is 19.1. The molecule has 4 aromatic rings. The minimum absolute atomic E-state index is 0.0346. The number of nitrogens with zero attached hydrogens (tertiary/aromatic N) is 3. The summed E-state index contributed by atoms with van der Waals surface area (Å²) in [6.45, 7) is 0.230. The smallest absolute Gasteiger partial charge is 0.270 e. The lowest BCUT2D eigenvalue weighted by atomic mass is 10.1. The van der Waals surface area contributed by atoms with Crippen LogP contribution in [0.2, 0.25) is 0 Å². The molecule has 1 amide bonds. The van der Waals surface area contributed by atoms with Gasteiger partial charge < -0.3 is 4.74 Å². The van der Waals surface area contributed by atoms with Gasteiger partial charge in [0.05, 0.1) is 15.5 Å². The minimum atomic E-state index is -3.49. The number of carbonyl (C=O) groups is 1. The number of sulfonamides is 1. The fourth-order valence-corrected chi connectivity index (χ4v) is 4.87. The van der Waals surface area contributed by atoms with E-state index in [9.17, 15) is 23.3 Å². The maximum absolute atomic E-state index is 12.6. The number of carbonyl (C=O) groups excluding carboxylic acids is 1. The molecule has 1 N–H and O–H groups in total. The van der Waals surface area contributed by atoms with Gasteiger partial charge in [0.25, 0.3) is 11.6 Å². The van der Waals surface area contributed by atoms with Crippen LogP contribution in [0.1, 0.15) is 15.9 Å². The van der Waals surface area contributed by atoms with Gasteiger partial charge in [0, 0.05) is 42.7 Å². The summed E-state index contributed by atoms with van der Waals surface area (Å²) < 4.78 is 31.2. The second-order valence-electron chi connectivity index (χ2n) is 8.04. The van der Waals surface area contributed by atoms with Gasteiger partial charge in [-0.3, -0.25) is 20.2 Å². The van der Waals surface area contributed by atoms with Crippen LogP contribution < -0.4 is 10.1 Å². The molecule has 37 heavy (non-hydrogen) atoms. The van der Waals surface area contributed by atoms with Crippen LogP contribution in [0, 0.1) is 10.1 Å². The number of benzene rings is 3. The molecule has 0 aliphatic rings. The number of nitro groups is 1. The zero-order valence-corrected chi connectivity index (χ0v) is 21.5. The van der Waals surface area contributed by atoms with E-state index in [0.717, 1.165) is 9.87 Å². The van der Waals surface area contributed by atoms with Crippen LogP contribution in [0.15, 0.2) is 83.1 Å². The first kappa shape index (κ1) is 25.9. The first-order valence-corrected chi connectivity index (χ1v) is 13.2. The third-order valence-corrected chi connectivity index (χ3v) is 7.89. The Morgan fingerprint density at radius 3 is 2.43 bits per heavy atom. The number of thiazole rings is 1. The molecule has 12 heteroatoms. The number of rotatable bonds is 9. The molecule has 0 saturated carbocycles. The molecule has 3 aromatic carbocycles. The van der Waals surface area contributed by atoms with Crippen molar-refractivity contribution >= 4 is 38.1 Å². The number of nitro benzene ring substituents is 1. The van der Waals surface area contributed by atoms with Crippen molar-refractivity contribution in [3.8, 4) is 17.0 Å². The van der Waals surface area contributed by atoms with Crippen LogP contribution in [0.25, 0.3) is 11.3 Å². The normalized spacial score (nSPS) is 11.3. The van der Waals surface area contributed by atoms with Crippen LogP contribution >= 0.6 is 11.3 Å². The van der Waals surface area contributed by atoms with Gasteiger partial charge in [0.2, 0.25) is 10.0 Å². The topological polar surface area (TPSA) is 132 Å². The average molecular weight is 539 g/mol. The van der Waals surface area contributed by atoms with Crippen LogP contribution in [-0.2, 0) is 16.6 Å². The Bertz CT molecular complexity index is 1530. The van der Waals surface area contributed by atoms with E-state index in [1.54, 1.807) is 53.9 Å². The molecule has 0 aliphatic heterocycles. The molecule has 0 aliphatic carbocycles. The van der Waals surface area contributed by atoms with Crippen LogP contribution in [0.4, 0.5) is 10.8 Å². The highest BCUT2D eigenvalue weighted by molar-refractivity contribution is 7.89. The van der Waals surface area contributed by atoms with Gasteiger partial charge >= 0.3 is 0 Å². The number of hydrogen-bond acceptors (Lipinski definition) is 8. The number of ether oxygens (including phenoxy) is 1. The van der Waals surface area contributed by atoms with Crippen molar-refractivity contribution in [3.05, 3.63) is 99.4 Å². The second-order valence-corrected chi connectivity index (χ2v) is 11.1. The molecule has 0 atom stereocenters. The lowest BCUT2D eigenvalue weighted by Gasteiger charge is -2.12. The lowest BCUT2D eigenvalue weighted by Crippen LogP contribution is -2.22. The SMILES string of the molecule is CN(C)S(=O)(=O)c1ccc(COc2ccc(C(=O)Nc3nc(-c4cccc([N+](=O)[O-])c4)cs3)cc2)cc1. The molecular formula is C25H22N4O6S2. The summed E-state index contributed by atoms with van der Waals surface area (Å²) in [5.41, 5.74) is 2.27. The predicted octanol–water partition coefficient (Wildman–Crippen LogP) is 4.80. The Balaban J connectivity index is 1.34. The zero-order valence-electron chi connectivity index (χ0n) is 19.8. The van der Waals surface area contributed by atoms with Crippen molar-refractivity contribution in [3.63, 3.8) is 0 Å². The molecule has 4 rings (SSSR count). The molecule has 1 aromatic heterocycles. The second kappa shape index (κ2) is 10.9. The van der Waals surface area contributed by atoms with E-state index < -0.39 is 14.9 Å². The highest BCUT2D eigenvalue weighted by Gasteiger charge is 2.17. The van der Waals surface area contributed by atoms with E-state index >= 15 is 0 Å². The molecule has 0 saturated heterocycles. The summed E-state index contributed by atoms with van der Waals surface area (Å²) in [5, 5.41) is 15.8. The zero-order chi connectivity index (χ0) is 26.6. The maximum atomic E-state index is 12.6. The van der Waals surface area contributed by atoms with E-state index in [0.29, 0.717) is 27.7 Å². The average Bonchev–Trinajstić information content (AvgIpc) is 3.36. The van der Waals surface area contributed by atoms with Gasteiger partial charge in [-0.2, -0.15) is 0 Å². The number of hydrogen-bond donors (Lipinski definition) is 1. The molecule has 0 radical (unpaired) electrons. The highest BCUT2D eigenvalue weighted by Crippen LogP contribution is 2.28. The van der Waals surface area contributed by atoms with Crippen LogP contribution in [-0.4, -0.2) is 42.6 Å². The molecule has 10 nitrogen and oxygen atoms in total. The summed E-state index contributed by atoms with van der Waals surface area (Å²) >= 11 is 1.22. The number of nitrogens with one attached hydrogen (secondary N) is 1. The Kier molecular flexibility index (Phi) is 7.62. The maximum Gasteiger partial charge on any atom is 0.270 e. The molecule has 190 valence electrons. The van der Waals surface area contributed by atoms with Crippen LogP contribution in [0.3, 0.4) is 0 Å². The van der Waals surface area contributed by atoms with Gasteiger partial charge in [-0.1, -0.05) is 24.3 Å². The van der Waals surface area contributed by atoms with Crippen molar-refractivity contribution in [1.29, 1.82) is 0 Å². The quantitative estimate of drug-likeness (QED) is 0.239. The van der Waals surface area contributed by atoms with Crippen molar-refractivity contribution in [2.45, 2.75) is 11.5 Å². The fourth-order valence-electron chi connectivity index (χ4n) is 3.25. The number of anilines is 1. The van der Waals surface area contributed by atoms with Crippen molar-refractivity contribution < 1.29 is 22.9 Å². The van der Waals surface area contributed by atoms with Crippen molar-refractivity contribution in [2.24, 2.45) is 0 Å². The summed E-state index contributed by atoms with van der Waals surface area (Å²) in [7, 11) is -0.534. The van der Waals surface area contributed by atoms with E-state index in [1.807, 2.05) is 0 Å². The minimum Gasteiger partial charge on any atom is -0.489 e. The highest BCUT2D eigenvalue weighted by atomic mass is 32.2. The van der Waals surface area contributed by atoms with Gasteiger partial charge in [0.15, 0.2) is 5.13 Å². The Hall–Kier alpha value is -4.13. The third-order valence-electron chi connectivity index (χ3n) is 5.30. The Morgan fingerprint density at radius 2 is 1.78 bits per heavy atom. The van der Waals surface area contributed by atoms with E-state index in [2.05, 4.69) is 10.3 Å². The third kappa shape index (κ3) is 6.17. The number of aromatic nitrogens is 1. The molecule has 0 unspecified atom stereocenters. The standard InChI is InChI=1S/C25H22N4O6S2/c1-28(2)37(33,34)22-12-6-17(7-13-22)15-35-21-10-8-18(9-11-21)24(30)27-25-26-23(16-36-25)19-4-3-5-20(14-19)29(31)32/h3-14,16H,15H2,1-2H3,(H,26,27,30). The number of non-ortho nitro benzene ring substituents is 1. The molecule has 0 bridgehead atoms. The van der Waals surface area contributed by atoms with E-state index in [1.165, 1.54) is 49.7 Å². The largest absolute Gasteiger partial charge is 0.489 e. The van der Waals surface area contributed by atoms with Gasteiger partial charge in [-0.15, -0.1) is 11.3 Å². The first-order valence-electron chi connectivity index (χ1n) is 10.9.